The summed E-state index contributed by atoms with van der Waals surface area (Å²) in [7, 11) is 3.33. The molecule has 0 aliphatic carbocycles. The number of nitrogens with one attached hydrogen (secondary N) is 1. The van der Waals surface area contributed by atoms with E-state index in [1.54, 1.807) is 50.7 Å². The molecule has 1 aromatic carbocycles. The summed E-state index contributed by atoms with van der Waals surface area (Å²) in [6.45, 7) is 0. The molecule has 1 amide bonds. The van der Waals surface area contributed by atoms with Gasteiger partial charge >= 0.3 is 0 Å². The van der Waals surface area contributed by atoms with Gasteiger partial charge in [0.2, 0.25) is 0 Å². The lowest BCUT2D eigenvalue weighted by atomic mass is 10.3. The van der Waals surface area contributed by atoms with Crippen LogP contribution >= 0.6 is 0 Å². The van der Waals surface area contributed by atoms with E-state index in [0.29, 0.717) is 5.69 Å². The minimum atomic E-state index is -0.185. The molecular formula is C12H13N3O2. The zero-order valence-electron chi connectivity index (χ0n) is 9.68. The lowest BCUT2D eigenvalue weighted by molar-refractivity contribution is 0.101. The number of ether oxygens (including phenoxy) is 1. The van der Waals surface area contributed by atoms with Crippen molar-refractivity contribution in [3.05, 3.63) is 42.2 Å². The normalized spacial score (nSPS) is 10.0. The SMILES string of the molecule is COc1ccc(NC(=O)c2ccnn2C)cc1. The van der Waals surface area contributed by atoms with Gasteiger partial charge in [-0.05, 0) is 30.3 Å². The second kappa shape index (κ2) is 4.69. The van der Waals surface area contributed by atoms with E-state index in [4.69, 9.17) is 4.74 Å². The van der Waals surface area contributed by atoms with E-state index in [0.717, 1.165) is 11.4 Å². The van der Waals surface area contributed by atoms with E-state index in [1.807, 2.05) is 0 Å². The number of amides is 1. The van der Waals surface area contributed by atoms with Crippen molar-refractivity contribution in [2.24, 2.45) is 7.05 Å². The van der Waals surface area contributed by atoms with E-state index in [-0.39, 0.29) is 5.91 Å². The van der Waals surface area contributed by atoms with Crippen LogP contribution in [-0.2, 0) is 7.05 Å². The Morgan fingerprint density at radius 2 is 2.00 bits per heavy atom. The summed E-state index contributed by atoms with van der Waals surface area (Å²) >= 11 is 0. The number of aromatic nitrogens is 2. The molecule has 2 rings (SSSR count). The van der Waals surface area contributed by atoms with Gasteiger partial charge in [0.25, 0.3) is 5.91 Å². The first kappa shape index (κ1) is 11.2. The molecule has 0 spiro atoms. The van der Waals surface area contributed by atoms with E-state index in [9.17, 15) is 4.79 Å². The smallest absolute Gasteiger partial charge is 0.273 e. The number of benzene rings is 1. The van der Waals surface area contributed by atoms with Crippen molar-refractivity contribution in [2.75, 3.05) is 12.4 Å². The first-order valence-corrected chi connectivity index (χ1v) is 5.14. The Bertz CT molecular complexity index is 517. The van der Waals surface area contributed by atoms with Crippen molar-refractivity contribution < 1.29 is 9.53 Å². The monoisotopic (exact) mass is 231 g/mol. The molecule has 17 heavy (non-hydrogen) atoms. The molecule has 88 valence electrons. The maximum absolute atomic E-state index is 11.8. The molecule has 0 unspecified atom stereocenters. The third kappa shape index (κ3) is 2.44. The maximum atomic E-state index is 11.8. The molecule has 0 saturated carbocycles. The summed E-state index contributed by atoms with van der Waals surface area (Å²) in [6, 6.07) is 8.82. The zero-order valence-corrected chi connectivity index (χ0v) is 9.68. The van der Waals surface area contributed by atoms with Gasteiger partial charge in [0.05, 0.1) is 7.11 Å². The Morgan fingerprint density at radius 1 is 1.29 bits per heavy atom. The molecule has 5 heteroatoms. The zero-order chi connectivity index (χ0) is 12.3. The highest BCUT2D eigenvalue weighted by Crippen LogP contribution is 2.15. The third-order valence-corrected chi connectivity index (χ3v) is 2.40. The van der Waals surface area contributed by atoms with Crippen LogP contribution < -0.4 is 10.1 Å². The first-order chi connectivity index (χ1) is 8.20. The minimum absolute atomic E-state index is 0.185. The maximum Gasteiger partial charge on any atom is 0.273 e. The summed E-state index contributed by atoms with van der Waals surface area (Å²) in [5.41, 5.74) is 1.23. The van der Waals surface area contributed by atoms with Gasteiger partial charge in [0.1, 0.15) is 11.4 Å². The highest BCUT2D eigenvalue weighted by atomic mass is 16.5. The summed E-state index contributed by atoms with van der Waals surface area (Å²) in [6.07, 6.45) is 1.59. The molecule has 1 aromatic heterocycles. The van der Waals surface area contributed by atoms with Crippen molar-refractivity contribution in [1.29, 1.82) is 0 Å². The minimum Gasteiger partial charge on any atom is -0.497 e. The highest BCUT2D eigenvalue weighted by Gasteiger charge is 2.09. The van der Waals surface area contributed by atoms with Crippen LogP contribution in [0.1, 0.15) is 10.5 Å². The fraction of sp³-hybridized carbons (Fsp3) is 0.167. The fourth-order valence-corrected chi connectivity index (χ4v) is 1.47. The fourth-order valence-electron chi connectivity index (χ4n) is 1.47. The molecule has 1 N–H and O–H groups in total. The van der Waals surface area contributed by atoms with Crippen molar-refractivity contribution in [1.82, 2.24) is 9.78 Å². The number of carbonyl (C=O) groups is 1. The third-order valence-electron chi connectivity index (χ3n) is 2.40. The molecule has 0 saturated heterocycles. The van der Waals surface area contributed by atoms with E-state index >= 15 is 0 Å². The summed E-state index contributed by atoms with van der Waals surface area (Å²) in [5.74, 6) is 0.568. The lowest BCUT2D eigenvalue weighted by Gasteiger charge is -2.06. The Kier molecular flexibility index (Phi) is 3.09. The van der Waals surface area contributed by atoms with Gasteiger partial charge in [-0.1, -0.05) is 0 Å². The van der Waals surface area contributed by atoms with Crippen LogP contribution in [0.15, 0.2) is 36.5 Å². The standard InChI is InChI=1S/C12H13N3O2/c1-15-11(7-8-13-15)12(16)14-9-3-5-10(17-2)6-4-9/h3-8H,1-2H3,(H,14,16). The summed E-state index contributed by atoms with van der Waals surface area (Å²) < 4.78 is 6.57. The molecule has 0 bridgehead atoms. The second-order valence-corrected chi connectivity index (χ2v) is 3.52. The predicted molar refractivity (Wildman–Crippen MR) is 64.2 cm³/mol. The molecule has 5 nitrogen and oxygen atoms in total. The van der Waals surface area contributed by atoms with Crippen LogP contribution in [0.3, 0.4) is 0 Å². The molecule has 0 atom stereocenters. The van der Waals surface area contributed by atoms with Crippen molar-refractivity contribution in [3.8, 4) is 5.75 Å². The number of anilines is 1. The van der Waals surface area contributed by atoms with E-state index in [2.05, 4.69) is 10.4 Å². The molecule has 0 aliphatic rings. The van der Waals surface area contributed by atoms with Gasteiger partial charge < -0.3 is 10.1 Å². The Hall–Kier alpha value is -2.30. The van der Waals surface area contributed by atoms with Crippen LogP contribution in [-0.4, -0.2) is 22.8 Å². The lowest BCUT2D eigenvalue weighted by Crippen LogP contribution is -2.15. The largest absolute Gasteiger partial charge is 0.497 e. The average Bonchev–Trinajstić information content (AvgIpc) is 2.76. The van der Waals surface area contributed by atoms with Crippen LogP contribution in [0.2, 0.25) is 0 Å². The number of hydrogen-bond acceptors (Lipinski definition) is 3. The van der Waals surface area contributed by atoms with Crippen molar-refractivity contribution >= 4 is 11.6 Å². The number of aryl methyl sites for hydroxylation is 1. The van der Waals surface area contributed by atoms with Gasteiger partial charge in [-0.3, -0.25) is 9.48 Å². The summed E-state index contributed by atoms with van der Waals surface area (Å²) in [4.78, 5) is 11.8. The van der Waals surface area contributed by atoms with E-state index < -0.39 is 0 Å². The molecule has 0 fully saturated rings. The first-order valence-electron chi connectivity index (χ1n) is 5.14. The second-order valence-electron chi connectivity index (χ2n) is 3.52. The number of methoxy groups -OCH3 is 1. The number of nitrogens with zero attached hydrogens (tertiary/aromatic N) is 2. The molecule has 2 aromatic rings. The van der Waals surface area contributed by atoms with Crippen molar-refractivity contribution in [2.45, 2.75) is 0 Å². The topological polar surface area (TPSA) is 56.1 Å². The van der Waals surface area contributed by atoms with Gasteiger partial charge in [0, 0.05) is 18.9 Å². The van der Waals surface area contributed by atoms with Crippen LogP contribution in [0.5, 0.6) is 5.75 Å². The Labute approximate surface area is 99.0 Å². The van der Waals surface area contributed by atoms with Crippen molar-refractivity contribution in [3.63, 3.8) is 0 Å². The Morgan fingerprint density at radius 3 is 2.53 bits per heavy atom. The number of rotatable bonds is 3. The van der Waals surface area contributed by atoms with Crippen LogP contribution in [0.4, 0.5) is 5.69 Å². The van der Waals surface area contributed by atoms with Crippen LogP contribution in [0, 0.1) is 0 Å². The molecular weight excluding hydrogens is 218 g/mol. The average molecular weight is 231 g/mol. The molecule has 0 radical (unpaired) electrons. The predicted octanol–water partition coefficient (Wildman–Crippen LogP) is 1.68. The summed E-state index contributed by atoms with van der Waals surface area (Å²) in [5, 5.41) is 6.72. The molecule has 1 heterocycles. The van der Waals surface area contributed by atoms with Gasteiger partial charge in [0.15, 0.2) is 0 Å². The highest BCUT2D eigenvalue weighted by molar-refractivity contribution is 6.02. The Balaban J connectivity index is 2.10. The van der Waals surface area contributed by atoms with E-state index in [1.165, 1.54) is 4.68 Å². The van der Waals surface area contributed by atoms with Gasteiger partial charge in [-0.25, -0.2) is 0 Å². The quantitative estimate of drug-likeness (QED) is 0.874. The molecule has 0 aliphatic heterocycles. The van der Waals surface area contributed by atoms with Crippen LogP contribution in [0.25, 0.3) is 0 Å². The van der Waals surface area contributed by atoms with Gasteiger partial charge in [-0.15, -0.1) is 0 Å². The number of carbonyl (C=O) groups excluding carboxylic acids is 1. The van der Waals surface area contributed by atoms with Gasteiger partial charge in [-0.2, -0.15) is 5.10 Å². The number of hydrogen-bond donors (Lipinski definition) is 1.